The fraction of sp³-hybridized carbons (Fsp3) is 0.174. The molecular weight excluding hydrogens is 496 g/mol. The van der Waals surface area contributed by atoms with Gasteiger partial charge in [-0.1, -0.05) is 11.3 Å². The summed E-state index contributed by atoms with van der Waals surface area (Å²) < 4.78 is 30.0. The average Bonchev–Trinajstić information content (AvgIpc) is 3.53. The van der Waals surface area contributed by atoms with E-state index in [4.69, 9.17) is 4.42 Å². The Bertz CT molecular complexity index is 1610. The topological polar surface area (TPSA) is 118 Å². The fourth-order valence-electron chi connectivity index (χ4n) is 4.01. The first-order chi connectivity index (χ1) is 16.1. The minimum atomic E-state index is -3.42. The van der Waals surface area contributed by atoms with Crippen molar-refractivity contribution in [1.82, 2.24) is 4.98 Å². The van der Waals surface area contributed by atoms with Crippen LogP contribution in [0.2, 0.25) is 0 Å². The second-order valence-electron chi connectivity index (χ2n) is 7.95. The predicted molar refractivity (Wildman–Crippen MR) is 129 cm³/mol. The fourth-order valence-corrected chi connectivity index (χ4v) is 6.44. The summed E-state index contributed by atoms with van der Waals surface area (Å²) in [4.78, 5) is 32.7. The molecule has 1 unspecified atom stereocenters. The lowest BCUT2D eigenvalue weighted by atomic mass is 9.94. The molecule has 11 heteroatoms. The summed E-state index contributed by atoms with van der Waals surface area (Å²) >= 11 is 2.51. The molecule has 0 saturated heterocycles. The first kappa shape index (κ1) is 22.5. The van der Waals surface area contributed by atoms with E-state index in [1.807, 2.05) is 5.38 Å². The van der Waals surface area contributed by atoms with Crippen molar-refractivity contribution in [3.8, 4) is 0 Å². The number of sulfone groups is 1. The zero-order valence-electron chi connectivity index (χ0n) is 18.2. The number of thiophene rings is 1. The predicted octanol–water partition coefficient (Wildman–Crippen LogP) is 4.75. The molecule has 174 valence electrons. The number of aromatic nitrogens is 1. The minimum absolute atomic E-state index is 0.0524. The molecule has 4 heterocycles. The van der Waals surface area contributed by atoms with Gasteiger partial charge < -0.3 is 9.52 Å². The van der Waals surface area contributed by atoms with Crippen molar-refractivity contribution < 1.29 is 27.5 Å². The van der Waals surface area contributed by atoms with Crippen LogP contribution in [0.4, 0.5) is 5.13 Å². The van der Waals surface area contributed by atoms with Crippen molar-refractivity contribution in [3.05, 3.63) is 75.1 Å². The molecule has 4 aromatic rings. The molecule has 3 aromatic heterocycles. The smallest absolute Gasteiger partial charge is 0.296 e. The number of aliphatic hydroxyl groups excluding tert-OH is 1. The van der Waals surface area contributed by atoms with Crippen LogP contribution in [0.5, 0.6) is 0 Å². The molecule has 1 aliphatic rings. The van der Waals surface area contributed by atoms with Crippen LogP contribution in [0.1, 0.15) is 33.5 Å². The Labute approximate surface area is 202 Å². The van der Waals surface area contributed by atoms with Gasteiger partial charge in [-0.3, -0.25) is 14.5 Å². The molecule has 0 saturated carbocycles. The van der Waals surface area contributed by atoms with Gasteiger partial charge in [-0.15, -0.1) is 0 Å². The van der Waals surface area contributed by atoms with Gasteiger partial charge in [-0.2, -0.15) is 11.3 Å². The van der Waals surface area contributed by atoms with Gasteiger partial charge in [0.05, 0.1) is 32.3 Å². The monoisotopic (exact) mass is 514 g/mol. The largest absolute Gasteiger partial charge is 0.503 e. The summed E-state index contributed by atoms with van der Waals surface area (Å²) in [6.07, 6.45) is 1.12. The molecule has 34 heavy (non-hydrogen) atoms. The molecule has 1 amide bonds. The zero-order valence-corrected chi connectivity index (χ0v) is 20.7. The van der Waals surface area contributed by atoms with Gasteiger partial charge in [-0.25, -0.2) is 13.4 Å². The SMILES string of the molecule is Cc1cc(C(=O)C2=C(O)C(=O)N(c3nc4ccc(S(C)(=O)=O)cc4s3)C2c2ccsc2)c(C)o1. The first-order valence-electron chi connectivity index (χ1n) is 10.1. The summed E-state index contributed by atoms with van der Waals surface area (Å²) in [5.41, 5.74) is 1.38. The number of benzene rings is 1. The number of hydrogen-bond donors (Lipinski definition) is 1. The van der Waals surface area contributed by atoms with E-state index in [0.29, 0.717) is 27.3 Å². The molecule has 0 radical (unpaired) electrons. The number of fused-ring (bicyclic) bond motifs is 1. The van der Waals surface area contributed by atoms with Gasteiger partial charge in [0.25, 0.3) is 5.91 Å². The number of Topliss-reactive ketones (excluding diaryl/α,β-unsaturated/α-hetero) is 1. The van der Waals surface area contributed by atoms with Crippen LogP contribution in [0, 0.1) is 13.8 Å². The van der Waals surface area contributed by atoms with Gasteiger partial charge in [0.1, 0.15) is 11.5 Å². The molecule has 0 fully saturated rings. The molecule has 1 N–H and O–H groups in total. The van der Waals surface area contributed by atoms with Crippen LogP contribution in [0.3, 0.4) is 0 Å². The number of aliphatic hydroxyl groups is 1. The van der Waals surface area contributed by atoms with E-state index in [1.54, 1.807) is 37.4 Å². The summed E-state index contributed by atoms with van der Waals surface area (Å²) in [6.45, 7) is 3.37. The number of furan rings is 1. The number of amides is 1. The van der Waals surface area contributed by atoms with Crippen LogP contribution in [-0.2, 0) is 14.6 Å². The molecule has 0 spiro atoms. The molecule has 1 aliphatic heterocycles. The summed E-state index contributed by atoms with van der Waals surface area (Å²) in [5, 5.41) is 14.7. The highest BCUT2D eigenvalue weighted by molar-refractivity contribution is 7.90. The third-order valence-electron chi connectivity index (χ3n) is 5.58. The molecular formula is C23H18N2O6S3. The number of nitrogens with zero attached hydrogens (tertiary/aromatic N) is 2. The highest BCUT2D eigenvalue weighted by atomic mass is 32.2. The van der Waals surface area contributed by atoms with E-state index in [9.17, 15) is 23.1 Å². The van der Waals surface area contributed by atoms with Crippen LogP contribution in [-0.4, -0.2) is 36.5 Å². The van der Waals surface area contributed by atoms with Crippen molar-refractivity contribution in [3.63, 3.8) is 0 Å². The van der Waals surface area contributed by atoms with Gasteiger partial charge in [-0.05, 0) is 60.5 Å². The number of thiazole rings is 1. The second kappa shape index (κ2) is 7.90. The molecule has 1 aromatic carbocycles. The Morgan fingerprint density at radius 2 is 1.97 bits per heavy atom. The number of carbonyl (C=O) groups excluding carboxylic acids is 2. The van der Waals surface area contributed by atoms with Crippen molar-refractivity contribution in [2.75, 3.05) is 11.2 Å². The summed E-state index contributed by atoms with van der Waals surface area (Å²) in [5.74, 6) is -0.956. The highest BCUT2D eigenvalue weighted by Gasteiger charge is 2.46. The van der Waals surface area contributed by atoms with Crippen molar-refractivity contribution in [2.24, 2.45) is 0 Å². The van der Waals surface area contributed by atoms with E-state index in [1.165, 1.54) is 28.4 Å². The molecule has 5 rings (SSSR count). The highest BCUT2D eigenvalue weighted by Crippen LogP contribution is 2.45. The van der Waals surface area contributed by atoms with E-state index in [-0.39, 0.29) is 21.2 Å². The Kier molecular flexibility index (Phi) is 5.23. The summed E-state index contributed by atoms with van der Waals surface area (Å²) in [7, 11) is -3.42. The van der Waals surface area contributed by atoms with Crippen LogP contribution >= 0.6 is 22.7 Å². The second-order valence-corrected chi connectivity index (χ2v) is 11.8. The van der Waals surface area contributed by atoms with Gasteiger partial charge >= 0.3 is 0 Å². The Balaban J connectivity index is 1.65. The maximum atomic E-state index is 13.5. The Morgan fingerprint density at radius 1 is 1.21 bits per heavy atom. The van der Waals surface area contributed by atoms with Gasteiger partial charge in [0.15, 0.2) is 26.5 Å². The maximum Gasteiger partial charge on any atom is 0.296 e. The van der Waals surface area contributed by atoms with Crippen LogP contribution in [0.15, 0.2) is 61.7 Å². The van der Waals surface area contributed by atoms with Crippen LogP contribution in [0.25, 0.3) is 10.2 Å². The van der Waals surface area contributed by atoms with Gasteiger partial charge in [0.2, 0.25) is 0 Å². The molecule has 0 aliphatic carbocycles. The van der Waals surface area contributed by atoms with Crippen molar-refractivity contribution in [1.29, 1.82) is 0 Å². The van der Waals surface area contributed by atoms with E-state index < -0.39 is 33.3 Å². The number of hydrogen-bond acceptors (Lipinski definition) is 9. The molecule has 0 bridgehead atoms. The van der Waals surface area contributed by atoms with E-state index in [0.717, 1.165) is 17.6 Å². The third kappa shape index (κ3) is 3.56. The zero-order chi connectivity index (χ0) is 24.4. The quantitative estimate of drug-likeness (QED) is 0.382. The number of carbonyl (C=O) groups is 2. The summed E-state index contributed by atoms with van der Waals surface area (Å²) in [6, 6.07) is 7.00. The van der Waals surface area contributed by atoms with Crippen molar-refractivity contribution in [2.45, 2.75) is 24.8 Å². The number of ketones is 1. The normalized spacial score (nSPS) is 16.7. The van der Waals surface area contributed by atoms with E-state index >= 15 is 0 Å². The van der Waals surface area contributed by atoms with E-state index in [2.05, 4.69) is 4.98 Å². The average molecular weight is 515 g/mol. The lowest BCUT2D eigenvalue weighted by molar-refractivity contribution is -0.117. The van der Waals surface area contributed by atoms with Crippen LogP contribution < -0.4 is 4.90 Å². The number of anilines is 1. The first-order valence-corrected chi connectivity index (χ1v) is 13.7. The number of aryl methyl sites for hydroxylation is 2. The maximum absolute atomic E-state index is 13.5. The number of rotatable bonds is 5. The van der Waals surface area contributed by atoms with Crippen molar-refractivity contribution >= 4 is 59.5 Å². The third-order valence-corrected chi connectivity index (χ3v) is 8.41. The minimum Gasteiger partial charge on any atom is -0.503 e. The van der Waals surface area contributed by atoms with Gasteiger partial charge in [0, 0.05) is 6.26 Å². The Hall–Kier alpha value is -3.28. The molecule has 1 atom stereocenters. The standard InChI is InChI=1S/C23H18N2O6S3/c1-11-8-15(12(2)31-11)20(26)18-19(13-6-7-32-10-13)25(22(28)21(18)27)23-24-16-5-4-14(34(3,29)30)9-17(16)33-23/h4-10,19,27H,1-3H3. The lowest BCUT2D eigenvalue weighted by Crippen LogP contribution is -2.30. The molecule has 8 nitrogen and oxygen atoms in total. The Morgan fingerprint density at radius 3 is 2.59 bits per heavy atom. The lowest BCUT2D eigenvalue weighted by Gasteiger charge is -2.23.